The Morgan fingerprint density at radius 1 is 0.485 bits per heavy atom. The zero-order chi connectivity index (χ0) is 23.8. The summed E-state index contributed by atoms with van der Waals surface area (Å²) < 4.78 is 0. The molecule has 0 amide bonds. The lowest BCUT2D eigenvalue weighted by molar-refractivity contribution is 0.449. The molecule has 0 spiro atoms. The van der Waals surface area contributed by atoms with Crippen molar-refractivity contribution in [3.8, 4) is 5.75 Å². The van der Waals surface area contributed by atoms with Crippen LogP contribution >= 0.6 is 23.5 Å². The number of thioether (sulfide) groups is 2. The number of hydrogen-bond donors (Lipinski definition) is 1. The van der Waals surface area contributed by atoms with Crippen molar-refractivity contribution in [2.24, 2.45) is 0 Å². The number of para-hydroxylation sites is 1. The van der Waals surface area contributed by atoms with E-state index in [1.807, 2.05) is 23.5 Å². The van der Waals surface area contributed by atoms with E-state index >= 15 is 0 Å². The van der Waals surface area contributed by atoms with Crippen LogP contribution in [0.25, 0.3) is 0 Å². The number of phenolic OH excluding ortho intramolecular Hbond substituents is 1. The minimum Gasteiger partial charge on any atom is -0.506 e. The quantitative estimate of drug-likeness (QED) is 0.114. The predicted octanol–water partition coefficient (Wildman–Crippen LogP) is 11.4. The third kappa shape index (κ3) is 17.8. The Kier molecular flexibility index (Phi) is 21.9. The molecule has 33 heavy (non-hydrogen) atoms. The van der Waals surface area contributed by atoms with Gasteiger partial charge in [0.05, 0.1) is 9.79 Å². The summed E-state index contributed by atoms with van der Waals surface area (Å²) in [5, 5.41) is 10.7. The van der Waals surface area contributed by atoms with Gasteiger partial charge in [-0.3, -0.25) is 0 Å². The standard InChI is InChI=1S/C30H54OS2/c1-3-5-7-9-11-13-15-17-19-21-26-32-28-24-23-25-29(30(28)31)33-27-22-20-18-16-14-12-10-8-6-4-2/h23-25,31H,3-22,26-27H2,1-2H3. The maximum Gasteiger partial charge on any atom is 0.142 e. The molecule has 0 aromatic heterocycles. The summed E-state index contributed by atoms with van der Waals surface area (Å²) in [6.07, 6.45) is 27.6. The van der Waals surface area contributed by atoms with E-state index in [4.69, 9.17) is 0 Å². The number of phenols is 1. The molecule has 1 rings (SSSR count). The molecule has 0 fully saturated rings. The Labute approximate surface area is 215 Å². The zero-order valence-electron chi connectivity index (χ0n) is 22.1. The van der Waals surface area contributed by atoms with Gasteiger partial charge in [-0.1, -0.05) is 135 Å². The summed E-state index contributed by atoms with van der Waals surface area (Å²) in [5.74, 6) is 2.76. The van der Waals surface area contributed by atoms with Gasteiger partial charge in [0, 0.05) is 0 Å². The highest BCUT2D eigenvalue weighted by atomic mass is 32.2. The second kappa shape index (κ2) is 23.5. The summed E-state index contributed by atoms with van der Waals surface area (Å²) in [5.41, 5.74) is 0. The van der Waals surface area contributed by atoms with Gasteiger partial charge in [-0.2, -0.15) is 0 Å². The zero-order valence-corrected chi connectivity index (χ0v) is 23.7. The predicted molar refractivity (Wildman–Crippen MR) is 153 cm³/mol. The van der Waals surface area contributed by atoms with Crippen LogP contribution in [-0.2, 0) is 0 Å². The first kappa shape index (κ1) is 30.8. The lowest BCUT2D eigenvalue weighted by Gasteiger charge is -2.09. The Morgan fingerprint density at radius 2 is 0.788 bits per heavy atom. The van der Waals surface area contributed by atoms with Crippen LogP contribution in [-0.4, -0.2) is 16.6 Å². The summed E-state index contributed by atoms with van der Waals surface area (Å²) in [6, 6.07) is 6.28. The molecule has 1 aromatic rings. The first-order chi connectivity index (χ1) is 16.3. The van der Waals surface area contributed by atoms with E-state index in [0.717, 1.165) is 21.3 Å². The van der Waals surface area contributed by atoms with Crippen LogP contribution in [0.4, 0.5) is 0 Å². The average Bonchev–Trinajstić information content (AvgIpc) is 2.82. The average molecular weight is 495 g/mol. The third-order valence-electron chi connectivity index (χ3n) is 6.47. The molecule has 1 aromatic carbocycles. The van der Waals surface area contributed by atoms with Crippen molar-refractivity contribution >= 4 is 23.5 Å². The number of benzene rings is 1. The fraction of sp³-hybridized carbons (Fsp3) is 0.800. The van der Waals surface area contributed by atoms with Gasteiger partial charge in [0.1, 0.15) is 5.75 Å². The molecule has 0 aliphatic carbocycles. The van der Waals surface area contributed by atoms with E-state index in [1.165, 1.54) is 128 Å². The van der Waals surface area contributed by atoms with Crippen molar-refractivity contribution in [2.45, 2.75) is 152 Å². The monoisotopic (exact) mass is 494 g/mol. The fourth-order valence-corrected chi connectivity index (χ4v) is 6.32. The topological polar surface area (TPSA) is 20.2 Å². The van der Waals surface area contributed by atoms with Crippen molar-refractivity contribution in [3.63, 3.8) is 0 Å². The normalized spacial score (nSPS) is 11.3. The largest absolute Gasteiger partial charge is 0.506 e. The van der Waals surface area contributed by atoms with Crippen molar-refractivity contribution < 1.29 is 5.11 Å². The molecule has 0 heterocycles. The Balaban J connectivity index is 2.03. The van der Waals surface area contributed by atoms with Gasteiger partial charge < -0.3 is 5.11 Å². The van der Waals surface area contributed by atoms with Gasteiger partial charge in [0.15, 0.2) is 0 Å². The van der Waals surface area contributed by atoms with Crippen LogP contribution in [0.15, 0.2) is 28.0 Å². The molecule has 1 N–H and O–H groups in total. The van der Waals surface area contributed by atoms with Crippen molar-refractivity contribution in [1.29, 1.82) is 0 Å². The SMILES string of the molecule is CCCCCCCCCCCCSc1cccc(SCCCCCCCCCCCC)c1O. The van der Waals surface area contributed by atoms with Crippen molar-refractivity contribution in [2.75, 3.05) is 11.5 Å². The van der Waals surface area contributed by atoms with Crippen LogP contribution in [0.3, 0.4) is 0 Å². The van der Waals surface area contributed by atoms with Crippen LogP contribution in [0, 0.1) is 0 Å². The summed E-state index contributed by atoms with van der Waals surface area (Å²) in [6.45, 7) is 4.57. The molecular weight excluding hydrogens is 440 g/mol. The van der Waals surface area contributed by atoms with Gasteiger partial charge in [-0.25, -0.2) is 0 Å². The molecule has 0 saturated heterocycles. The highest BCUT2D eigenvalue weighted by Gasteiger charge is 2.08. The minimum absolute atomic E-state index is 0.520. The molecule has 3 heteroatoms. The van der Waals surface area contributed by atoms with Crippen molar-refractivity contribution in [3.05, 3.63) is 18.2 Å². The Bertz CT molecular complexity index is 502. The fourth-order valence-electron chi connectivity index (χ4n) is 4.28. The van der Waals surface area contributed by atoms with Gasteiger partial charge in [0.2, 0.25) is 0 Å². The molecule has 0 radical (unpaired) electrons. The van der Waals surface area contributed by atoms with E-state index in [-0.39, 0.29) is 0 Å². The second-order valence-corrected chi connectivity index (χ2v) is 11.9. The molecular formula is C30H54OS2. The van der Waals surface area contributed by atoms with Gasteiger partial charge >= 0.3 is 0 Å². The molecule has 0 bridgehead atoms. The maximum atomic E-state index is 10.7. The Morgan fingerprint density at radius 3 is 1.12 bits per heavy atom. The van der Waals surface area contributed by atoms with Crippen LogP contribution in [0.2, 0.25) is 0 Å². The first-order valence-electron chi connectivity index (χ1n) is 14.4. The van der Waals surface area contributed by atoms with E-state index in [0.29, 0.717) is 5.75 Å². The highest BCUT2D eigenvalue weighted by Crippen LogP contribution is 2.37. The molecule has 0 unspecified atom stereocenters. The number of rotatable bonds is 24. The third-order valence-corrected chi connectivity index (χ3v) is 8.74. The number of hydrogen-bond acceptors (Lipinski definition) is 3. The van der Waals surface area contributed by atoms with Gasteiger partial charge in [-0.05, 0) is 36.5 Å². The molecule has 1 nitrogen and oxygen atoms in total. The number of unbranched alkanes of at least 4 members (excludes halogenated alkanes) is 18. The number of aromatic hydroxyl groups is 1. The molecule has 0 aliphatic rings. The molecule has 0 atom stereocenters. The second-order valence-electron chi connectivity index (χ2n) is 9.66. The lowest BCUT2D eigenvalue weighted by atomic mass is 10.1. The summed E-state index contributed by atoms with van der Waals surface area (Å²) in [7, 11) is 0. The molecule has 0 aliphatic heterocycles. The molecule has 192 valence electrons. The van der Waals surface area contributed by atoms with Crippen LogP contribution < -0.4 is 0 Å². The highest BCUT2D eigenvalue weighted by molar-refractivity contribution is 8.00. The van der Waals surface area contributed by atoms with Gasteiger partial charge in [-0.15, -0.1) is 23.5 Å². The molecule has 0 saturated carbocycles. The van der Waals surface area contributed by atoms with Crippen molar-refractivity contribution in [1.82, 2.24) is 0 Å². The van der Waals surface area contributed by atoms with E-state index < -0.39 is 0 Å². The Hall–Kier alpha value is -0.280. The summed E-state index contributed by atoms with van der Waals surface area (Å²) >= 11 is 3.67. The smallest absolute Gasteiger partial charge is 0.142 e. The van der Waals surface area contributed by atoms with Gasteiger partial charge in [0.25, 0.3) is 0 Å². The van der Waals surface area contributed by atoms with E-state index in [2.05, 4.69) is 32.0 Å². The first-order valence-corrected chi connectivity index (χ1v) is 16.3. The van der Waals surface area contributed by atoms with E-state index in [1.54, 1.807) is 0 Å². The summed E-state index contributed by atoms with van der Waals surface area (Å²) in [4.78, 5) is 2.14. The van der Waals surface area contributed by atoms with E-state index in [9.17, 15) is 5.11 Å². The van der Waals surface area contributed by atoms with Crippen LogP contribution in [0.5, 0.6) is 5.75 Å². The van der Waals surface area contributed by atoms with Crippen LogP contribution in [0.1, 0.15) is 142 Å². The minimum atomic E-state index is 0.520. The lowest BCUT2D eigenvalue weighted by Crippen LogP contribution is -1.86. The maximum absolute atomic E-state index is 10.7.